The van der Waals surface area contributed by atoms with Crippen molar-refractivity contribution in [3.05, 3.63) is 22.7 Å². The van der Waals surface area contributed by atoms with Crippen LogP contribution in [0.25, 0.3) is 0 Å². The van der Waals surface area contributed by atoms with Gasteiger partial charge in [0, 0.05) is 19.2 Å². The van der Waals surface area contributed by atoms with Crippen LogP contribution >= 0.6 is 11.6 Å². The zero-order valence-electron chi connectivity index (χ0n) is 14.6. The summed E-state index contributed by atoms with van der Waals surface area (Å²) >= 11 is 6.21. The lowest BCUT2D eigenvalue weighted by atomic mass is 10.2. The van der Waals surface area contributed by atoms with Gasteiger partial charge in [-0.15, -0.1) is 0 Å². The van der Waals surface area contributed by atoms with Crippen molar-refractivity contribution in [2.75, 3.05) is 26.3 Å². The Hall–Kier alpha value is -1.31. The molecule has 0 saturated carbocycles. The van der Waals surface area contributed by atoms with Gasteiger partial charge in [-0.3, -0.25) is 0 Å². The minimum atomic E-state index is -3.75. The van der Waals surface area contributed by atoms with E-state index in [2.05, 4.69) is 0 Å². The van der Waals surface area contributed by atoms with Crippen LogP contribution in [0.5, 0.6) is 5.75 Å². The van der Waals surface area contributed by atoms with Crippen LogP contribution in [-0.2, 0) is 14.8 Å². The summed E-state index contributed by atoms with van der Waals surface area (Å²) < 4.78 is 37.8. The van der Waals surface area contributed by atoms with E-state index in [0.717, 1.165) is 19.3 Å². The summed E-state index contributed by atoms with van der Waals surface area (Å²) in [6.07, 6.45) is 3.05. The molecule has 1 aromatic carbocycles. The molecular weight excluding hydrogens is 366 g/mol. The Kier molecular flexibility index (Phi) is 7.10. The van der Waals surface area contributed by atoms with Crippen LogP contribution in [0.2, 0.25) is 5.02 Å². The van der Waals surface area contributed by atoms with Gasteiger partial charge in [0.25, 0.3) is 0 Å². The molecule has 0 unspecified atom stereocenters. The molecule has 1 heterocycles. The monoisotopic (exact) mass is 389 g/mol. The van der Waals surface area contributed by atoms with Crippen molar-refractivity contribution in [3.8, 4) is 5.75 Å². The number of esters is 1. The maximum Gasteiger partial charge on any atom is 0.341 e. The van der Waals surface area contributed by atoms with Crippen LogP contribution in [0, 0.1) is 0 Å². The quantitative estimate of drug-likeness (QED) is 0.636. The van der Waals surface area contributed by atoms with Crippen LogP contribution in [-0.4, -0.2) is 45.0 Å². The second kappa shape index (κ2) is 8.87. The molecule has 2 rings (SSSR count). The number of carbonyl (C=O) groups is 1. The molecule has 0 N–H and O–H groups in total. The smallest absolute Gasteiger partial charge is 0.341 e. The van der Waals surface area contributed by atoms with E-state index in [9.17, 15) is 13.2 Å². The molecule has 0 amide bonds. The lowest BCUT2D eigenvalue weighted by Crippen LogP contribution is -2.28. The third kappa shape index (κ3) is 4.65. The summed E-state index contributed by atoms with van der Waals surface area (Å²) in [6, 6.07) is 2.67. The number of hydrogen-bond donors (Lipinski definition) is 0. The Balaban J connectivity index is 2.45. The minimum absolute atomic E-state index is 0.0463. The molecule has 1 fully saturated rings. The normalized spacial score (nSPS) is 15.3. The number of nitrogens with zero attached hydrogens (tertiary/aromatic N) is 1. The minimum Gasteiger partial charge on any atom is -0.493 e. The van der Waals surface area contributed by atoms with E-state index in [1.807, 2.05) is 13.8 Å². The Labute approximate surface area is 154 Å². The Morgan fingerprint density at radius 3 is 2.40 bits per heavy atom. The average Bonchev–Trinajstić information content (AvgIpc) is 3.13. The highest BCUT2D eigenvalue weighted by Crippen LogP contribution is 2.33. The predicted molar refractivity (Wildman–Crippen MR) is 95.8 cm³/mol. The van der Waals surface area contributed by atoms with Crippen molar-refractivity contribution in [2.45, 2.75) is 44.4 Å². The van der Waals surface area contributed by atoms with Gasteiger partial charge >= 0.3 is 5.97 Å². The lowest BCUT2D eigenvalue weighted by molar-refractivity contribution is 0.0500. The molecule has 1 aliphatic rings. The first-order valence-electron chi connectivity index (χ1n) is 8.55. The van der Waals surface area contributed by atoms with Gasteiger partial charge < -0.3 is 9.47 Å². The number of benzene rings is 1. The number of sulfonamides is 1. The van der Waals surface area contributed by atoms with Gasteiger partial charge in [0.1, 0.15) is 16.2 Å². The van der Waals surface area contributed by atoms with Crippen LogP contribution in [0.15, 0.2) is 17.0 Å². The Morgan fingerprint density at radius 2 is 1.80 bits per heavy atom. The lowest BCUT2D eigenvalue weighted by Gasteiger charge is -2.18. The van der Waals surface area contributed by atoms with Crippen LogP contribution in [0.4, 0.5) is 0 Å². The molecule has 8 heteroatoms. The van der Waals surface area contributed by atoms with Gasteiger partial charge in [-0.25, -0.2) is 13.2 Å². The summed E-state index contributed by atoms with van der Waals surface area (Å²) in [5, 5.41) is 0.0463. The SMILES string of the molecule is CCCOC(=O)c1cc(S(=O)(=O)N2CCCC2)c(Cl)cc1OCCC. The van der Waals surface area contributed by atoms with Gasteiger partial charge in [-0.1, -0.05) is 25.4 Å². The van der Waals surface area contributed by atoms with E-state index in [-0.39, 0.29) is 27.8 Å². The molecule has 0 aromatic heterocycles. The molecular formula is C17H24ClNO5S. The highest BCUT2D eigenvalue weighted by Gasteiger charge is 2.31. The molecule has 1 aromatic rings. The first kappa shape index (κ1) is 20.0. The first-order valence-corrected chi connectivity index (χ1v) is 10.4. The summed E-state index contributed by atoms with van der Waals surface area (Å²) in [5.74, 6) is -0.365. The average molecular weight is 390 g/mol. The highest BCUT2D eigenvalue weighted by molar-refractivity contribution is 7.89. The summed E-state index contributed by atoms with van der Waals surface area (Å²) in [4.78, 5) is 12.3. The van der Waals surface area contributed by atoms with Gasteiger partial charge in [0.05, 0.1) is 18.2 Å². The first-order chi connectivity index (χ1) is 11.9. The van der Waals surface area contributed by atoms with Crippen molar-refractivity contribution in [2.24, 2.45) is 0 Å². The van der Waals surface area contributed by atoms with Crippen LogP contribution < -0.4 is 4.74 Å². The second-order valence-corrected chi connectivity index (χ2v) is 8.19. The summed E-state index contributed by atoms with van der Waals surface area (Å²) in [6.45, 7) is 5.38. The van der Waals surface area contributed by atoms with Gasteiger partial charge in [0.15, 0.2) is 0 Å². The molecule has 140 valence electrons. The van der Waals surface area contributed by atoms with Crippen molar-refractivity contribution in [3.63, 3.8) is 0 Å². The topological polar surface area (TPSA) is 72.9 Å². The molecule has 1 aliphatic heterocycles. The number of rotatable bonds is 8. The number of hydrogen-bond acceptors (Lipinski definition) is 5. The predicted octanol–water partition coefficient (Wildman–Crippen LogP) is 3.48. The molecule has 1 saturated heterocycles. The molecule has 0 spiro atoms. The van der Waals surface area contributed by atoms with E-state index >= 15 is 0 Å². The fourth-order valence-electron chi connectivity index (χ4n) is 2.56. The molecule has 0 atom stereocenters. The molecule has 0 aliphatic carbocycles. The van der Waals surface area contributed by atoms with Gasteiger partial charge in [-0.05, 0) is 31.7 Å². The van der Waals surface area contributed by atoms with E-state index < -0.39 is 16.0 Å². The van der Waals surface area contributed by atoms with Crippen molar-refractivity contribution in [1.29, 1.82) is 0 Å². The standard InChI is InChI=1S/C17H24ClNO5S/c1-3-9-23-15-12-14(18)16(11-13(15)17(20)24-10-4-2)25(21,22)19-7-5-6-8-19/h11-12H,3-10H2,1-2H3. The molecule has 0 radical (unpaired) electrons. The second-order valence-electron chi connectivity index (χ2n) is 5.87. The summed E-state index contributed by atoms with van der Waals surface area (Å²) in [7, 11) is -3.75. The Bertz CT molecular complexity index is 714. The molecule has 6 nitrogen and oxygen atoms in total. The largest absolute Gasteiger partial charge is 0.493 e. The van der Waals surface area contributed by atoms with Crippen molar-refractivity contribution >= 4 is 27.6 Å². The number of ether oxygens (including phenoxy) is 2. The van der Waals surface area contributed by atoms with Gasteiger partial charge in [-0.2, -0.15) is 4.31 Å². The number of halogens is 1. The van der Waals surface area contributed by atoms with Crippen LogP contribution in [0.1, 0.15) is 49.9 Å². The fraction of sp³-hybridized carbons (Fsp3) is 0.588. The third-order valence-electron chi connectivity index (χ3n) is 3.84. The van der Waals surface area contributed by atoms with E-state index in [1.54, 1.807) is 0 Å². The van der Waals surface area contributed by atoms with Crippen molar-refractivity contribution in [1.82, 2.24) is 4.31 Å². The Morgan fingerprint density at radius 1 is 1.16 bits per heavy atom. The number of carbonyl (C=O) groups excluding carboxylic acids is 1. The van der Waals surface area contributed by atoms with E-state index in [1.165, 1.54) is 16.4 Å². The highest BCUT2D eigenvalue weighted by atomic mass is 35.5. The van der Waals surface area contributed by atoms with E-state index in [0.29, 0.717) is 26.1 Å². The van der Waals surface area contributed by atoms with Crippen LogP contribution in [0.3, 0.4) is 0 Å². The zero-order chi connectivity index (χ0) is 18.4. The summed E-state index contributed by atoms with van der Waals surface area (Å²) in [5.41, 5.74) is 0.0871. The molecule has 25 heavy (non-hydrogen) atoms. The zero-order valence-corrected chi connectivity index (χ0v) is 16.2. The molecule has 0 bridgehead atoms. The third-order valence-corrected chi connectivity index (χ3v) is 6.20. The fourth-order valence-corrected chi connectivity index (χ4v) is 4.60. The van der Waals surface area contributed by atoms with E-state index in [4.69, 9.17) is 21.1 Å². The van der Waals surface area contributed by atoms with Crippen molar-refractivity contribution < 1.29 is 22.7 Å². The maximum absolute atomic E-state index is 12.8. The van der Waals surface area contributed by atoms with Gasteiger partial charge in [0.2, 0.25) is 10.0 Å². The maximum atomic E-state index is 12.8.